The zero-order valence-corrected chi connectivity index (χ0v) is 23.7. The first-order valence-electron chi connectivity index (χ1n) is 12.3. The average molecular weight is 596 g/mol. The minimum Gasteiger partial charge on any atom is -0.462 e. The quantitative estimate of drug-likeness (QED) is 0.199. The number of aliphatic hydroxyl groups excluding tert-OH is 1. The van der Waals surface area contributed by atoms with Crippen LogP contribution in [0.1, 0.15) is 27.0 Å². The topological polar surface area (TPSA) is 173 Å². The van der Waals surface area contributed by atoms with Crippen molar-refractivity contribution in [1.82, 2.24) is 14.6 Å². The van der Waals surface area contributed by atoms with Gasteiger partial charge < -0.3 is 29.4 Å². The average Bonchev–Trinajstić information content (AvgIpc) is 3.11. The number of hydrogen-bond donors (Lipinski definition) is 4. The van der Waals surface area contributed by atoms with E-state index in [4.69, 9.17) is 41.8 Å². The molecule has 2 aromatic carbocycles. The Hall–Kier alpha value is -2.97. The lowest BCUT2D eigenvalue weighted by Gasteiger charge is -2.31. The number of nitrogens with one attached hydrogen (secondary N) is 1. The minimum absolute atomic E-state index is 0.0596. The fourth-order valence-electron chi connectivity index (χ4n) is 4.01. The van der Waals surface area contributed by atoms with Crippen LogP contribution in [0, 0.1) is 0 Å². The molecule has 1 unspecified atom stereocenters. The van der Waals surface area contributed by atoms with Gasteiger partial charge >= 0.3 is 18.3 Å². The normalized spacial score (nSPS) is 25.0. The van der Waals surface area contributed by atoms with Gasteiger partial charge in [-0.15, -0.1) is 0 Å². The van der Waals surface area contributed by atoms with Crippen LogP contribution < -0.4 is 26.8 Å². The van der Waals surface area contributed by atoms with Crippen LogP contribution >= 0.6 is 6.64 Å². The summed E-state index contributed by atoms with van der Waals surface area (Å²) in [6.45, 7) is 0.560. The molecule has 0 spiro atoms. The van der Waals surface area contributed by atoms with E-state index in [2.05, 4.69) is 10.1 Å². The summed E-state index contributed by atoms with van der Waals surface area (Å²) < 4.78 is 39.0. The third kappa shape index (κ3) is 6.66. The summed E-state index contributed by atoms with van der Waals surface area (Å²) in [6, 6.07) is 13.1. The number of nitrogens with zero attached hydrogens (tertiary/aromatic N) is 2. The van der Waals surface area contributed by atoms with Crippen molar-refractivity contribution in [1.29, 1.82) is 0 Å². The van der Waals surface area contributed by atoms with Crippen molar-refractivity contribution in [2.24, 2.45) is 5.73 Å². The molecule has 4 rings (SSSR count). The van der Waals surface area contributed by atoms with E-state index in [-0.39, 0.29) is 11.9 Å². The first-order chi connectivity index (χ1) is 18.8. The fraction of sp³-hybridized carbons (Fsp3) is 0.400. The van der Waals surface area contributed by atoms with E-state index in [0.717, 1.165) is 15.3 Å². The van der Waals surface area contributed by atoms with Gasteiger partial charge in [-0.2, -0.15) is 4.98 Å². The molecule has 1 aliphatic rings. The van der Waals surface area contributed by atoms with Crippen LogP contribution in [0.2, 0.25) is 0 Å². The number of alkyl halides is 1. The number of aliphatic hydroxyl groups is 1. The number of carbonyl (C=O) groups is 1. The van der Waals surface area contributed by atoms with Gasteiger partial charge in [0, 0.05) is 6.20 Å². The van der Waals surface area contributed by atoms with Gasteiger partial charge in [0.2, 0.25) is 0 Å². The van der Waals surface area contributed by atoms with Gasteiger partial charge in [0.15, 0.2) is 18.1 Å². The fourth-order valence-corrected chi connectivity index (χ4v) is 6.42. The number of anilines is 1. The van der Waals surface area contributed by atoms with Crippen LogP contribution in [0.25, 0.3) is 10.8 Å². The summed E-state index contributed by atoms with van der Waals surface area (Å²) in [5.74, 6) is -0.342. The van der Waals surface area contributed by atoms with Gasteiger partial charge in [0.05, 0.1) is 6.10 Å². The number of esters is 1. The number of nitrogen functional groups attached to an aromatic ring is 1. The molecule has 0 saturated carbocycles. The van der Waals surface area contributed by atoms with Gasteiger partial charge in [-0.1, -0.05) is 30.3 Å². The molecule has 1 saturated heterocycles. The van der Waals surface area contributed by atoms with E-state index in [1.54, 1.807) is 26.0 Å². The van der Waals surface area contributed by atoms with Gasteiger partial charge in [0.25, 0.3) is 0 Å². The number of hydrogen-bond acceptors (Lipinski definition) is 11. The van der Waals surface area contributed by atoms with E-state index < -0.39 is 55.2 Å². The number of ether oxygens (including phenoxy) is 2. The second kappa shape index (κ2) is 11.9. The predicted octanol–water partition coefficient (Wildman–Crippen LogP) is 2.11. The van der Waals surface area contributed by atoms with Gasteiger partial charge in [-0.3, -0.25) is 15.1 Å². The highest BCUT2D eigenvalue weighted by molar-refractivity contribution is 8.09. The molecule has 15 heteroatoms. The highest BCUT2D eigenvalue weighted by atomic mass is 32.5. The molecule has 0 radical (unpaired) electrons. The SMILES string of the molecule is CC(C)OC(=O)[C@H](C)NP(=S)(OC[C@@]1(N)O[C@@H](n2ccc(N)nc2=O)[C@H](O)[C@@H]1F)Oc1ccc2ccccc2c1. The maximum Gasteiger partial charge on any atom is 0.351 e. The van der Waals surface area contributed by atoms with Crippen molar-refractivity contribution >= 4 is 41.0 Å². The second-order valence-electron chi connectivity index (χ2n) is 9.61. The van der Waals surface area contributed by atoms with E-state index in [1.165, 1.54) is 19.2 Å². The number of benzene rings is 2. The number of nitrogens with two attached hydrogens (primary N) is 2. The lowest BCUT2D eigenvalue weighted by molar-refractivity contribution is -0.149. The summed E-state index contributed by atoms with van der Waals surface area (Å²) in [5, 5.41) is 15.2. The smallest absolute Gasteiger partial charge is 0.351 e. The molecule has 12 nitrogen and oxygen atoms in total. The lowest BCUT2D eigenvalue weighted by Crippen LogP contribution is -2.53. The van der Waals surface area contributed by atoms with Gasteiger partial charge in [0.1, 0.15) is 30.3 Å². The van der Waals surface area contributed by atoms with Crippen molar-refractivity contribution < 1.29 is 32.8 Å². The van der Waals surface area contributed by atoms with Crippen molar-refractivity contribution in [3.05, 3.63) is 65.2 Å². The van der Waals surface area contributed by atoms with Crippen molar-refractivity contribution in [2.45, 2.75) is 57.1 Å². The van der Waals surface area contributed by atoms with E-state index >= 15 is 4.39 Å². The standard InChI is InChI=1S/C25H31FN5O7PS/c1-14(2)36-23(33)15(3)30-39(40,38-18-9-8-16-6-4-5-7-17(16)12-18)35-13-25(28)21(26)20(32)22(37-25)31-11-10-19(27)29-24(31)34/h4-12,14-15,20-22,32H,13,28H2,1-3H3,(H,30,40)(H2,27,29,34)/t15-,20+,21-,22+,25+,39?/m0/s1. The first kappa shape index (κ1) is 30.0. The number of fused-ring (bicyclic) bond motifs is 1. The number of rotatable bonds is 10. The van der Waals surface area contributed by atoms with Gasteiger partial charge in [-0.05, 0) is 61.5 Å². The molecule has 0 aliphatic carbocycles. The third-order valence-corrected chi connectivity index (χ3v) is 8.47. The molecule has 6 atom stereocenters. The molecule has 3 aromatic rings. The van der Waals surface area contributed by atoms with Crippen LogP contribution in [0.3, 0.4) is 0 Å². The maximum absolute atomic E-state index is 15.3. The molecule has 0 amide bonds. The van der Waals surface area contributed by atoms with Crippen molar-refractivity contribution in [3.63, 3.8) is 0 Å². The zero-order valence-electron chi connectivity index (χ0n) is 22.0. The Morgan fingerprint density at radius 2 is 1.98 bits per heavy atom. The summed E-state index contributed by atoms with van der Waals surface area (Å²) in [6.07, 6.45) is -4.74. The third-order valence-electron chi connectivity index (χ3n) is 5.99. The summed E-state index contributed by atoms with van der Waals surface area (Å²) in [5.41, 5.74) is 8.58. The molecule has 6 N–H and O–H groups in total. The molecule has 0 bridgehead atoms. The Balaban J connectivity index is 1.58. The maximum atomic E-state index is 15.3. The van der Waals surface area contributed by atoms with Gasteiger partial charge in [-0.25, -0.2) is 14.3 Å². The zero-order chi connectivity index (χ0) is 29.2. The van der Waals surface area contributed by atoms with Crippen LogP contribution in [0.4, 0.5) is 10.2 Å². The Morgan fingerprint density at radius 1 is 1.27 bits per heavy atom. The Labute approximate surface area is 234 Å². The van der Waals surface area contributed by atoms with Crippen LogP contribution in [-0.4, -0.2) is 57.4 Å². The monoisotopic (exact) mass is 595 g/mol. The molecule has 216 valence electrons. The summed E-state index contributed by atoms with van der Waals surface area (Å²) in [4.78, 5) is 28.3. The number of carbonyl (C=O) groups excluding carboxylic acids is 1. The van der Waals surface area contributed by atoms with Crippen molar-refractivity contribution in [2.75, 3.05) is 12.3 Å². The molecule has 2 heterocycles. The molecule has 1 aliphatic heterocycles. The molecular formula is C25H31FN5O7PS. The second-order valence-corrected chi connectivity index (χ2v) is 12.7. The van der Waals surface area contributed by atoms with Crippen LogP contribution in [-0.2, 0) is 30.6 Å². The Kier molecular flexibility index (Phi) is 8.90. The summed E-state index contributed by atoms with van der Waals surface area (Å²) >= 11 is 5.70. The van der Waals surface area contributed by atoms with E-state index in [0.29, 0.717) is 5.75 Å². The largest absolute Gasteiger partial charge is 0.462 e. The molecule has 1 aromatic heterocycles. The Bertz CT molecular complexity index is 1490. The lowest BCUT2D eigenvalue weighted by atomic mass is 10.1. The molecule has 1 fully saturated rings. The van der Waals surface area contributed by atoms with Crippen LogP contribution in [0.15, 0.2) is 59.5 Å². The highest BCUT2D eigenvalue weighted by Gasteiger charge is 2.55. The van der Waals surface area contributed by atoms with E-state index in [9.17, 15) is 14.7 Å². The molecular weight excluding hydrogens is 564 g/mol. The first-order valence-corrected chi connectivity index (χ1v) is 15.0. The Morgan fingerprint density at radius 3 is 2.65 bits per heavy atom. The van der Waals surface area contributed by atoms with Crippen LogP contribution in [0.5, 0.6) is 5.75 Å². The highest BCUT2D eigenvalue weighted by Crippen LogP contribution is 2.48. The summed E-state index contributed by atoms with van der Waals surface area (Å²) in [7, 11) is 0. The number of aromatic nitrogens is 2. The van der Waals surface area contributed by atoms with E-state index in [1.807, 2.05) is 30.3 Å². The number of halogens is 1. The predicted molar refractivity (Wildman–Crippen MR) is 149 cm³/mol. The minimum atomic E-state index is -3.64. The molecule has 40 heavy (non-hydrogen) atoms. The van der Waals surface area contributed by atoms with Crippen molar-refractivity contribution in [3.8, 4) is 5.75 Å².